The maximum atomic E-state index is 12.3. The Labute approximate surface area is 123 Å². The molecule has 0 aliphatic heterocycles. The van der Waals surface area contributed by atoms with Crippen molar-refractivity contribution in [1.82, 2.24) is 5.32 Å². The molecule has 1 fully saturated rings. The monoisotopic (exact) mass is 285 g/mol. The number of nitrogens with one attached hydrogen (secondary N) is 1. The molecule has 4 heteroatoms. The summed E-state index contributed by atoms with van der Waals surface area (Å²) in [5.74, 6) is -0.320. The van der Waals surface area contributed by atoms with Gasteiger partial charge in [0.1, 0.15) is 11.1 Å². The van der Waals surface area contributed by atoms with E-state index in [1.165, 1.54) is 6.42 Å². The molecular formula is C17H19NO3. The highest BCUT2D eigenvalue weighted by Crippen LogP contribution is 2.19. The summed E-state index contributed by atoms with van der Waals surface area (Å²) in [4.78, 5) is 24.3. The molecule has 4 nitrogen and oxygen atoms in total. The van der Waals surface area contributed by atoms with Crippen molar-refractivity contribution in [3.63, 3.8) is 0 Å². The molecule has 0 bridgehead atoms. The van der Waals surface area contributed by atoms with Crippen LogP contribution in [0.25, 0.3) is 11.0 Å². The van der Waals surface area contributed by atoms with E-state index in [-0.39, 0.29) is 17.5 Å². The lowest BCUT2D eigenvalue weighted by Crippen LogP contribution is -2.38. The number of aryl methyl sites for hydroxylation is 1. The van der Waals surface area contributed by atoms with Gasteiger partial charge >= 0.3 is 5.63 Å². The normalized spacial score (nSPS) is 16.0. The molecule has 0 radical (unpaired) electrons. The van der Waals surface area contributed by atoms with Gasteiger partial charge < -0.3 is 9.73 Å². The zero-order valence-corrected chi connectivity index (χ0v) is 12.1. The van der Waals surface area contributed by atoms with Crippen LogP contribution in [0.4, 0.5) is 0 Å². The molecule has 0 atom stereocenters. The molecule has 0 saturated heterocycles. The topological polar surface area (TPSA) is 59.3 Å². The summed E-state index contributed by atoms with van der Waals surface area (Å²) in [6.45, 7) is 1.88. The summed E-state index contributed by atoms with van der Waals surface area (Å²) in [5, 5.41) is 3.74. The number of carbonyl (C=O) groups excluding carboxylic acids is 1. The van der Waals surface area contributed by atoms with Gasteiger partial charge in [-0.15, -0.1) is 0 Å². The van der Waals surface area contributed by atoms with E-state index in [1.807, 2.05) is 25.1 Å². The third-order valence-corrected chi connectivity index (χ3v) is 4.14. The number of hydrogen-bond acceptors (Lipinski definition) is 3. The maximum Gasteiger partial charge on any atom is 0.349 e. The second-order valence-electron chi connectivity index (χ2n) is 5.75. The standard InChI is InChI=1S/C17H19NO3/c1-11-6-5-7-12-10-14(17(20)21-15(11)12)16(19)18-13-8-3-2-4-9-13/h5-7,10,13H,2-4,8-9H2,1H3,(H,18,19). The third-order valence-electron chi connectivity index (χ3n) is 4.14. The lowest BCUT2D eigenvalue weighted by Gasteiger charge is -2.22. The Bertz CT molecular complexity index is 726. The van der Waals surface area contributed by atoms with Crippen LogP contribution in [0.1, 0.15) is 48.0 Å². The van der Waals surface area contributed by atoms with Gasteiger partial charge in [0, 0.05) is 11.4 Å². The van der Waals surface area contributed by atoms with Gasteiger partial charge in [-0.1, -0.05) is 37.5 Å². The van der Waals surface area contributed by atoms with Crippen molar-refractivity contribution in [2.75, 3.05) is 0 Å². The van der Waals surface area contributed by atoms with Crippen LogP contribution in [0.5, 0.6) is 0 Å². The first-order chi connectivity index (χ1) is 10.1. The fourth-order valence-electron chi connectivity index (χ4n) is 2.96. The van der Waals surface area contributed by atoms with Crippen molar-refractivity contribution < 1.29 is 9.21 Å². The van der Waals surface area contributed by atoms with Crippen molar-refractivity contribution >= 4 is 16.9 Å². The molecule has 0 spiro atoms. The van der Waals surface area contributed by atoms with E-state index < -0.39 is 5.63 Å². The average Bonchev–Trinajstić information content (AvgIpc) is 2.48. The van der Waals surface area contributed by atoms with Crippen molar-refractivity contribution in [2.24, 2.45) is 0 Å². The van der Waals surface area contributed by atoms with E-state index >= 15 is 0 Å². The third kappa shape index (κ3) is 2.84. The Balaban J connectivity index is 1.90. The molecule has 2 aromatic rings. The molecule has 1 aromatic heterocycles. The molecule has 1 amide bonds. The first kappa shape index (κ1) is 13.9. The van der Waals surface area contributed by atoms with Crippen LogP contribution in [0, 0.1) is 6.92 Å². The summed E-state index contributed by atoms with van der Waals surface area (Å²) < 4.78 is 5.32. The number of rotatable bonds is 2. The molecule has 0 unspecified atom stereocenters. The van der Waals surface area contributed by atoms with Gasteiger partial charge in [-0.25, -0.2) is 4.79 Å². The Morgan fingerprint density at radius 1 is 1.24 bits per heavy atom. The van der Waals surface area contributed by atoms with Crippen molar-refractivity contribution in [3.05, 3.63) is 45.8 Å². The second-order valence-corrected chi connectivity index (χ2v) is 5.75. The van der Waals surface area contributed by atoms with Crippen LogP contribution in [-0.2, 0) is 0 Å². The Morgan fingerprint density at radius 3 is 2.76 bits per heavy atom. The molecule has 1 heterocycles. The summed E-state index contributed by atoms with van der Waals surface area (Å²) in [7, 11) is 0. The first-order valence-electron chi connectivity index (χ1n) is 7.49. The summed E-state index contributed by atoms with van der Waals surface area (Å²) in [6.07, 6.45) is 5.48. The fourth-order valence-corrected chi connectivity index (χ4v) is 2.96. The minimum atomic E-state index is -0.565. The van der Waals surface area contributed by atoms with E-state index in [0.717, 1.165) is 36.6 Å². The van der Waals surface area contributed by atoms with E-state index in [4.69, 9.17) is 4.42 Å². The van der Waals surface area contributed by atoms with Crippen molar-refractivity contribution in [3.8, 4) is 0 Å². The van der Waals surface area contributed by atoms with Gasteiger partial charge in [0.05, 0.1) is 0 Å². The number of amides is 1. The van der Waals surface area contributed by atoms with E-state index in [1.54, 1.807) is 6.07 Å². The quantitative estimate of drug-likeness (QED) is 0.862. The molecule has 3 rings (SSSR count). The molecule has 21 heavy (non-hydrogen) atoms. The van der Waals surface area contributed by atoms with Crippen molar-refractivity contribution in [2.45, 2.75) is 45.1 Å². The lowest BCUT2D eigenvalue weighted by atomic mass is 9.95. The van der Waals surface area contributed by atoms with Gasteiger partial charge in [-0.3, -0.25) is 4.79 Å². The van der Waals surface area contributed by atoms with Crippen molar-refractivity contribution in [1.29, 1.82) is 0 Å². The Kier molecular flexibility index (Phi) is 3.78. The highest BCUT2D eigenvalue weighted by atomic mass is 16.4. The molecule has 1 aliphatic rings. The van der Waals surface area contributed by atoms with Gasteiger partial charge in [-0.2, -0.15) is 0 Å². The largest absolute Gasteiger partial charge is 0.422 e. The van der Waals surface area contributed by atoms with E-state index in [2.05, 4.69) is 5.32 Å². The number of fused-ring (bicyclic) bond motifs is 1. The Hall–Kier alpha value is -2.10. The second kappa shape index (κ2) is 5.72. The molecule has 110 valence electrons. The number of carbonyl (C=O) groups is 1. The zero-order valence-electron chi connectivity index (χ0n) is 12.1. The summed E-state index contributed by atoms with van der Waals surface area (Å²) >= 11 is 0. The first-order valence-corrected chi connectivity index (χ1v) is 7.49. The molecule has 1 aromatic carbocycles. The van der Waals surface area contributed by atoms with Crippen LogP contribution in [0.3, 0.4) is 0 Å². The van der Waals surface area contributed by atoms with Gasteiger partial charge in [0.2, 0.25) is 0 Å². The highest BCUT2D eigenvalue weighted by Gasteiger charge is 2.19. The van der Waals surface area contributed by atoms with Gasteiger partial charge in [-0.05, 0) is 31.4 Å². The van der Waals surface area contributed by atoms with Gasteiger partial charge in [0.15, 0.2) is 0 Å². The predicted molar refractivity (Wildman–Crippen MR) is 81.6 cm³/mol. The van der Waals surface area contributed by atoms with Crippen LogP contribution < -0.4 is 10.9 Å². The minimum Gasteiger partial charge on any atom is -0.422 e. The molecule has 1 aliphatic carbocycles. The predicted octanol–water partition coefficient (Wildman–Crippen LogP) is 3.16. The van der Waals surface area contributed by atoms with Crippen LogP contribution >= 0.6 is 0 Å². The van der Waals surface area contributed by atoms with E-state index in [0.29, 0.717) is 5.58 Å². The molecule has 1 N–H and O–H groups in total. The fraction of sp³-hybridized carbons (Fsp3) is 0.412. The average molecular weight is 285 g/mol. The Morgan fingerprint density at radius 2 is 2.00 bits per heavy atom. The number of benzene rings is 1. The SMILES string of the molecule is Cc1cccc2cc(C(=O)NC3CCCCC3)c(=O)oc12. The highest BCUT2D eigenvalue weighted by molar-refractivity contribution is 5.97. The van der Waals surface area contributed by atoms with Gasteiger partial charge in [0.25, 0.3) is 5.91 Å². The van der Waals surface area contributed by atoms with Crippen LogP contribution in [-0.4, -0.2) is 11.9 Å². The van der Waals surface area contributed by atoms with Crippen LogP contribution in [0.2, 0.25) is 0 Å². The number of hydrogen-bond donors (Lipinski definition) is 1. The zero-order chi connectivity index (χ0) is 14.8. The molecule has 1 saturated carbocycles. The van der Waals surface area contributed by atoms with E-state index in [9.17, 15) is 9.59 Å². The maximum absolute atomic E-state index is 12.3. The number of para-hydroxylation sites is 1. The molecular weight excluding hydrogens is 266 g/mol. The minimum absolute atomic E-state index is 0.0960. The summed E-state index contributed by atoms with van der Waals surface area (Å²) in [6, 6.07) is 7.43. The summed E-state index contributed by atoms with van der Waals surface area (Å²) in [5.41, 5.74) is 0.976. The smallest absolute Gasteiger partial charge is 0.349 e. The van der Waals surface area contributed by atoms with Crippen LogP contribution in [0.15, 0.2) is 33.5 Å². The lowest BCUT2D eigenvalue weighted by molar-refractivity contribution is 0.0924.